The first-order chi connectivity index (χ1) is 22.7. The molecule has 16 heteroatoms. The number of carbonyl (C=O) groups excluding carboxylic acids is 3. The van der Waals surface area contributed by atoms with Gasteiger partial charge in [-0.1, -0.05) is 35.3 Å². The van der Waals surface area contributed by atoms with Crippen LogP contribution in [0, 0.1) is 5.92 Å². The van der Waals surface area contributed by atoms with Gasteiger partial charge in [0, 0.05) is 48.1 Å². The van der Waals surface area contributed by atoms with Gasteiger partial charge in [0.05, 0.1) is 24.5 Å². The molecule has 0 spiro atoms. The summed E-state index contributed by atoms with van der Waals surface area (Å²) >= 11 is 12.7. The van der Waals surface area contributed by atoms with Crippen LogP contribution in [0.4, 0.5) is 15.3 Å². The van der Waals surface area contributed by atoms with Crippen LogP contribution in [-0.2, 0) is 9.53 Å². The molecule has 5 rings (SSSR count). The van der Waals surface area contributed by atoms with E-state index in [1.54, 1.807) is 66.6 Å². The van der Waals surface area contributed by atoms with Crippen molar-refractivity contribution in [3.05, 3.63) is 82.4 Å². The molecule has 1 saturated heterocycles. The Hall–Kier alpha value is -5.08. The van der Waals surface area contributed by atoms with E-state index >= 15 is 0 Å². The molecule has 244 valence electrons. The van der Waals surface area contributed by atoms with E-state index < -0.39 is 12.1 Å². The molecule has 4 amide bonds. The summed E-state index contributed by atoms with van der Waals surface area (Å²) in [6, 6.07) is 13.2. The maximum absolute atomic E-state index is 13.4. The molecule has 4 aromatic rings. The number of halogens is 2. The molecule has 14 nitrogen and oxygen atoms in total. The van der Waals surface area contributed by atoms with Crippen molar-refractivity contribution in [1.29, 1.82) is 0 Å². The minimum atomic E-state index is -0.587. The van der Waals surface area contributed by atoms with Gasteiger partial charge >= 0.3 is 12.1 Å². The zero-order valence-electron chi connectivity index (χ0n) is 25.6. The lowest BCUT2D eigenvalue weighted by Crippen LogP contribution is -2.45. The molecule has 0 aliphatic carbocycles. The Bertz CT molecular complexity index is 1750. The summed E-state index contributed by atoms with van der Waals surface area (Å²) < 4.78 is 6.13. The average Bonchev–Trinajstić information content (AvgIpc) is 3.62. The van der Waals surface area contributed by atoms with E-state index in [2.05, 4.69) is 46.4 Å². The zero-order chi connectivity index (χ0) is 33.3. The van der Waals surface area contributed by atoms with E-state index in [9.17, 15) is 14.4 Å². The summed E-state index contributed by atoms with van der Waals surface area (Å²) in [7, 11) is 2.89. The van der Waals surface area contributed by atoms with Crippen LogP contribution in [0.3, 0.4) is 0 Å². The van der Waals surface area contributed by atoms with Gasteiger partial charge in [-0.3, -0.25) is 10.1 Å². The molecular weight excluding hydrogens is 647 g/mol. The van der Waals surface area contributed by atoms with E-state index in [1.807, 2.05) is 0 Å². The monoisotopic (exact) mass is 678 g/mol. The van der Waals surface area contributed by atoms with Gasteiger partial charge < -0.3 is 20.3 Å². The average molecular weight is 680 g/mol. The van der Waals surface area contributed by atoms with Crippen molar-refractivity contribution < 1.29 is 19.1 Å². The van der Waals surface area contributed by atoms with Gasteiger partial charge in [0.1, 0.15) is 6.33 Å². The smallest absolute Gasteiger partial charge is 0.411 e. The van der Waals surface area contributed by atoms with Crippen LogP contribution in [-0.4, -0.2) is 80.6 Å². The highest BCUT2D eigenvalue weighted by Crippen LogP contribution is 2.32. The van der Waals surface area contributed by atoms with Crippen LogP contribution in [0.5, 0.6) is 0 Å². The molecular formula is C31H32Cl2N10O4. The Kier molecular flexibility index (Phi) is 11.0. The van der Waals surface area contributed by atoms with Gasteiger partial charge in [0.15, 0.2) is 5.15 Å². The number of nitrogens with one attached hydrogen (secondary N) is 3. The number of rotatable bonds is 9. The summed E-state index contributed by atoms with van der Waals surface area (Å²) in [6.07, 6.45) is 6.09. The molecule has 2 atom stereocenters. The fourth-order valence-corrected chi connectivity index (χ4v) is 5.76. The Labute approximate surface area is 280 Å². The number of piperidine rings is 1. The van der Waals surface area contributed by atoms with E-state index in [0.717, 1.165) is 18.4 Å². The number of aromatic nitrogens is 6. The molecule has 2 aromatic heterocycles. The van der Waals surface area contributed by atoms with Crippen LogP contribution in [0.25, 0.3) is 22.9 Å². The molecule has 0 radical (unpaired) electrons. The second-order valence-electron chi connectivity index (χ2n) is 10.8. The van der Waals surface area contributed by atoms with Crippen LogP contribution in [0.2, 0.25) is 10.2 Å². The quantitative estimate of drug-likeness (QED) is 0.208. The number of methoxy groups -OCH3 is 1. The Morgan fingerprint density at radius 2 is 1.91 bits per heavy atom. The summed E-state index contributed by atoms with van der Waals surface area (Å²) in [5.41, 5.74) is 3.62. The highest BCUT2D eigenvalue weighted by atomic mass is 35.5. The largest absolute Gasteiger partial charge is 0.453 e. The van der Waals surface area contributed by atoms with Crippen LogP contribution >= 0.6 is 23.2 Å². The number of nitrogens with zero attached hydrogens (tertiary/aromatic N) is 7. The Morgan fingerprint density at radius 3 is 2.64 bits per heavy atom. The number of hydrogen-bond acceptors (Lipinski definition) is 9. The predicted molar refractivity (Wildman–Crippen MR) is 176 cm³/mol. The first-order valence-electron chi connectivity index (χ1n) is 14.7. The van der Waals surface area contributed by atoms with Crippen molar-refractivity contribution in [1.82, 2.24) is 45.9 Å². The second-order valence-corrected chi connectivity index (χ2v) is 11.6. The number of amides is 4. The number of hydrogen-bond donors (Lipinski definition) is 3. The van der Waals surface area contributed by atoms with Crippen LogP contribution in [0.1, 0.15) is 36.6 Å². The lowest BCUT2D eigenvalue weighted by molar-refractivity contribution is -0.117. The van der Waals surface area contributed by atoms with E-state index in [-0.39, 0.29) is 23.0 Å². The topological polar surface area (TPSA) is 169 Å². The van der Waals surface area contributed by atoms with Crippen molar-refractivity contribution in [2.24, 2.45) is 5.92 Å². The summed E-state index contributed by atoms with van der Waals surface area (Å²) in [6.45, 7) is 1.19. The molecule has 0 bridgehead atoms. The fourth-order valence-electron chi connectivity index (χ4n) is 5.38. The first kappa shape index (κ1) is 33.3. The number of ether oxygens (including phenoxy) is 1. The SMILES string of the molecule is CNC(=O)N1CCCC(C[C@H](NC(=O)/C=C/c2cc(Cl)ccc2-n2cnnn2)c2cc(-c3ccc(NC(=O)OC)cc3)c(Cl)nn2)C1. The number of benzene rings is 2. The third-order valence-electron chi connectivity index (χ3n) is 7.66. The van der Waals surface area contributed by atoms with Crippen molar-refractivity contribution >= 4 is 53.0 Å². The fraction of sp³-hybridized carbons (Fsp3) is 0.290. The minimum absolute atomic E-state index is 0.0827. The number of anilines is 1. The van der Waals surface area contributed by atoms with Gasteiger partial charge in [-0.2, -0.15) is 9.78 Å². The Balaban J connectivity index is 1.42. The van der Waals surface area contributed by atoms with E-state index in [4.69, 9.17) is 23.2 Å². The summed E-state index contributed by atoms with van der Waals surface area (Å²) in [5, 5.41) is 28.9. The maximum atomic E-state index is 13.4. The molecule has 3 N–H and O–H groups in total. The van der Waals surface area contributed by atoms with Crippen molar-refractivity contribution in [3.63, 3.8) is 0 Å². The van der Waals surface area contributed by atoms with Gasteiger partial charge in [-0.25, -0.2) is 9.59 Å². The molecule has 0 saturated carbocycles. The van der Waals surface area contributed by atoms with Crippen molar-refractivity contribution in [3.8, 4) is 16.8 Å². The number of carbonyl (C=O) groups is 3. The molecule has 1 aliphatic heterocycles. The summed E-state index contributed by atoms with van der Waals surface area (Å²) in [4.78, 5) is 39.2. The van der Waals surface area contributed by atoms with Gasteiger partial charge in [0.25, 0.3) is 0 Å². The predicted octanol–water partition coefficient (Wildman–Crippen LogP) is 4.92. The number of tetrazole rings is 1. The minimum Gasteiger partial charge on any atom is -0.453 e. The van der Waals surface area contributed by atoms with Gasteiger partial charge in [0.2, 0.25) is 5.91 Å². The van der Waals surface area contributed by atoms with Crippen molar-refractivity contribution in [2.45, 2.75) is 25.3 Å². The third-order valence-corrected chi connectivity index (χ3v) is 8.17. The molecule has 3 heterocycles. The third kappa shape index (κ3) is 8.60. The highest BCUT2D eigenvalue weighted by Gasteiger charge is 2.28. The van der Waals surface area contributed by atoms with E-state index in [0.29, 0.717) is 52.7 Å². The highest BCUT2D eigenvalue weighted by molar-refractivity contribution is 6.32. The van der Waals surface area contributed by atoms with Crippen molar-refractivity contribution in [2.75, 3.05) is 32.6 Å². The van der Waals surface area contributed by atoms with Gasteiger partial charge in [-0.15, -0.1) is 10.2 Å². The Morgan fingerprint density at radius 1 is 1.11 bits per heavy atom. The normalized spacial score (nSPS) is 15.2. The number of likely N-dealkylation sites (tertiary alicyclic amines) is 1. The lowest BCUT2D eigenvalue weighted by Gasteiger charge is -2.34. The van der Waals surface area contributed by atoms with E-state index in [1.165, 1.54) is 24.2 Å². The number of urea groups is 1. The maximum Gasteiger partial charge on any atom is 0.411 e. The lowest BCUT2D eigenvalue weighted by atomic mass is 9.89. The molecule has 1 aliphatic rings. The molecule has 2 aromatic carbocycles. The first-order valence-corrected chi connectivity index (χ1v) is 15.5. The second kappa shape index (κ2) is 15.5. The standard InChI is InChI=1S/C31H32Cl2N10O4/c1-34-30(45)42-13-3-4-19(17-42)14-25(37-28(44)12-7-21-15-22(32)8-11-27(21)43-18-35-40-41-43)26-16-24(29(33)39-38-26)20-5-9-23(10-6-20)36-31(46)47-2/h5-12,15-16,18-19,25H,3-4,13-14,17H2,1-2H3,(H,34,45)(H,36,46)(H,37,44)/b12-7+/t19?,25-/m0/s1. The summed E-state index contributed by atoms with van der Waals surface area (Å²) in [5.74, 6) is -0.299. The van der Waals surface area contributed by atoms with Crippen LogP contribution < -0.4 is 16.0 Å². The van der Waals surface area contributed by atoms with Gasteiger partial charge in [-0.05, 0) is 83.6 Å². The molecule has 47 heavy (non-hydrogen) atoms. The molecule has 1 unspecified atom stereocenters. The van der Waals surface area contributed by atoms with Crippen LogP contribution in [0.15, 0.2) is 60.9 Å². The zero-order valence-corrected chi connectivity index (χ0v) is 27.1. The molecule has 1 fully saturated rings.